The molecule has 2 heterocycles. The lowest BCUT2D eigenvalue weighted by atomic mass is 9.86. The molecular formula is C33H48N4O6S. The number of ether oxygens (including phenoxy) is 2. The maximum Gasteiger partial charge on any atom is 0.410 e. The molecule has 0 radical (unpaired) electrons. The molecule has 0 aliphatic carbocycles. The van der Waals surface area contributed by atoms with Gasteiger partial charge in [-0.1, -0.05) is 39.0 Å². The fourth-order valence-corrected chi connectivity index (χ4v) is 6.34. The number of fused-ring (bicyclic) bond motifs is 1. The Morgan fingerprint density at radius 1 is 1.07 bits per heavy atom. The fraction of sp³-hybridized carbons (Fsp3) is 0.545. The molecule has 44 heavy (non-hydrogen) atoms. The van der Waals surface area contributed by atoms with Gasteiger partial charge in [-0.3, -0.25) is 4.72 Å². The van der Waals surface area contributed by atoms with Gasteiger partial charge in [-0.05, 0) is 80.7 Å². The van der Waals surface area contributed by atoms with Crippen LogP contribution in [0.3, 0.4) is 0 Å². The number of benzene rings is 2. The Labute approximate surface area is 261 Å². The van der Waals surface area contributed by atoms with Gasteiger partial charge in [-0.25, -0.2) is 13.2 Å². The van der Waals surface area contributed by atoms with Gasteiger partial charge >= 0.3 is 6.09 Å². The molecule has 0 saturated carbocycles. The van der Waals surface area contributed by atoms with Gasteiger partial charge in [0.2, 0.25) is 10.0 Å². The molecule has 1 aliphatic heterocycles. The Hall–Kier alpha value is -3.44. The third kappa shape index (κ3) is 7.98. The molecule has 1 aliphatic rings. The third-order valence-electron chi connectivity index (χ3n) is 7.98. The number of hydrogen-bond acceptors (Lipinski definition) is 7. The van der Waals surface area contributed by atoms with Crippen molar-refractivity contribution in [3.8, 4) is 5.75 Å². The standard InChI is InChI=1S/C33H48N4O6S/c1-32(2,3)24-19-25(29(42-8)26(20-24)35-44(9,40)41)34-30(38)27-18-23-12-10-11-22(28(23)36(27)7)17-21-13-15-37(16-14-21)31(39)43-33(4,5)6/h10-12,18-21,30,34-35,38H,13-17H2,1-9H3. The van der Waals surface area contributed by atoms with Crippen molar-refractivity contribution in [1.29, 1.82) is 0 Å². The van der Waals surface area contributed by atoms with E-state index in [9.17, 15) is 18.3 Å². The van der Waals surface area contributed by atoms with Crippen LogP contribution in [-0.2, 0) is 33.6 Å². The van der Waals surface area contributed by atoms with Gasteiger partial charge in [0.25, 0.3) is 0 Å². The zero-order valence-corrected chi connectivity index (χ0v) is 28.3. The van der Waals surface area contributed by atoms with Crippen molar-refractivity contribution < 1.29 is 27.8 Å². The van der Waals surface area contributed by atoms with Crippen LogP contribution in [0.15, 0.2) is 36.4 Å². The molecule has 0 spiro atoms. The number of aliphatic hydroxyl groups is 1. The van der Waals surface area contributed by atoms with E-state index < -0.39 is 21.9 Å². The van der Waals surface area contributed by atoms with Gasteiger partial charge in [0, 0.05) is 25.5 Å². The normalized spacial score (nSPS) is 15.7. The quantitative estimate of drug-likeness (QED) is 0.256. The van der Waals surface area contributed by atoms with Crippen molar-refractivity contribution in [3.05, 3.63) is 53.2 Å². The lowest BCUT2D eigenvalue weighted by Gasteiger charge is -2.33. The average molecular weight is 629 g/mol. The SMILES string of the molecule is COc1c(NC(O)c2cc3cccc(CC4CCN(C(=O)OC(C)(C)C)CC4)c3n2C)cc(C(C)(C)C)cc1NS(C)(=O)=O. The molecule has 1 atom stereocenters. The summed E-state index contributed by atoms with van der Waals surface area (Å²) in [6.07, 6.45) is 2.39. The summed E-state index contributed by atoms with van der Waals surface area (Å²) >= 11 is 0. The number of piperidine rings is 1. The maximum absolute atomic E-state index is 12.5. The molecule has 1 saturated heterocycles. The predicted octanol–water partition coefficient (Wildman–Crippen LogP) is 6.15. The summed E-state index contributed by atoms with van der Waals surface area (Å²) in [4.78, 5) is 14.3. The van der Waals surface area contributed by atoms with Crippen molar-refractivity contribution >= 4 is 38.4 Å². The minimum Gasteiger partial charge on any atom is -0.492 e. The van der Waals surface area contributed by atoms with Crippen LogP contribution in [0.25, 0.3) is 10.9 Å². The summed E-state index contributed by atoms with van der Waals surface area (Å²) in [5.74, 6) is 0.713. The Kier molecular flexibility index (Phi) is 9.51. The van der Waals surface area contributed by atoms with Crippen LogP contribution in [0.5, 0.6) is 5.75 Å². The second-order valence-corrected chi connectivity index (χ2v) is 15.6. The van der Waals surface area contributed by atoms with Gasteiger partial charge in [0.05, 0.1) is 36.0 Å². The highest BCUT2D eigenvalue weighted by atomic mass is 32.2. The Bertz CT molecular complexity index is 1610. The summed E-state index contributed by atoms with van der Waals surface area (Å²) in [7, 11) is -0.164. The largest absolute Gasteiger partial charge is 0.492 e. The van der Waals surface area contributed by atoms with Crippen LogP contribution in [-0.4, -0.2) is 61.1 Å². The van der Waals surface area contributed by atoms with Crippen LogP contribution < -0.4 is 14.8 Å². The van der Waals surface area contributed by atoms with E-state index in [1.807, 2.05) is 77.4 Å². The number of sulfonamides is 1. The van der Waals surface area contributed by atoms with Crippen molar-refractivity contribution in [3.63, 3.8) is 0 Å². The lowest BCUT2D eigenvalue weighted by molar-refractivity contribution is 0.0184. The minimum absolute atomic E-state index is 0.254. The molecule has 11 heteroatoms. The first-order valence-corrected chi connectivity index (χ1v) is 17.0. The first-order valence-electron chi connectivity index (χ1n) is 15.1. The van der Waals surface area contributed by atoms with E-state index in [1.165, 1.54) is 12.7 Å². The van der Waals surface area contributed by atoms with Gasteiger partial charge in [-0.15, -0.1) is 0 Å². The highest BCUT2D eigenvalue weighted by Gasteiger charge is 2.28. The van der Waals surface area contributed by atoms with E-state index in [-0.39, 0.29) is 11.5 Å². The Balaban J connectivity index is 1.58. The second kappa shape index (κ2) is 12.5. The first-order chi connectivity index (χ1) is 20.4. The molecule has 3 N–H and O–H groups in total. The van der Waals surface area contributed by atoms with Crippen molar-refractivity contribution in [2.75, 3.05) is 36.5 Å². The molecule has 3 aromatic rings. The first kappa shape index (κ1) is 33.5. The summed E-state index contributed by atoms with van der Waals surface area (Å²) in [5.41, 5.74) is 3.74. The molecule has 1 aromatic heterocycles. The maximum atomic E-state index is 12.5. The van der Waals surface area contributed by atoms with Crippen molar-refractivity contribution in [2.45, 2.75) is 78.0 Å². The van der Waals surface area contributed by atoms with Crippen LogP contribution in [0.4, 0.5) is 16.2 Å². The van der Waals surface area contributed by atoms with Gasteiger partial charge in [0.1, 0.15) is 5.60 Å². The molecular weight excluding hydrogens is 580 g/mol. The van der Waals surface area contributed by atoms with E-state index in [4.69, 9.17) is 9.47 Å². The number of carbonyl (C=O) groups excluding carboxylic acids is 1. The molecule has 242 valence electrons. The number of amides is 1. The number of nitrogens with zero attached hydrogens (tertiary/aromatic N) is 2. The number of anilines is 2. The second-order valence-electron chi connectivity index (χ2n) is 13.9. The highest BCUT2D eigenvalue weighted by molar-refractivity contribution is 7.92. The van der Waals surface area contributed by atoms with Crippen molar-refractivity contribution in [1.82, 2.24) is 9.47 Å². The van der Waals surface area contributed by atoms with E-state index in [1.54, 1.807) is 11.0 Å². The topological polar surface area (TPSA) is 122 Å². The number of para-hydroxylation sites is 1. The monoisotopic (exact) mass is 628 g/mol. The summed E-state index contributed by atoms with van der Waals surface area (Å²) in [6, 6.07) is 11.8. The van der Waals surface area contributed by atoms with E-state index in [0.717, 1.165) is 42.0 Å². The number of hydrogen-bond donors (Lipinski definition) is 3. The molecule has 4 rings (SSSR count). The summed E-state index contributed by atoms with van der Waals surface area (Å²) in [6.45, 7) is 13.1. The number of aryl methyl sites for hydroxylation is 1. The zero-order valence-electron chi connectivity index (χ0n) is 27.4. The van der Waals surface area contributed by atoms with Crippen LogP contribution in [0, 0.1) is 5.92 Å². The summed E-state index contributed by atoms with van der Waals surface area (Å²) in [5, 5.41) is 15.7. The van der Waals surface area contributed by atoms with Crippen LogP contribution in [0.1, 0.15) is 77.4 Å². The van der Waals surface area contributed by atoms with Gasteiger partial charge in [-0.2, -0.15) is 0 Å². The van der Waals surface area contributed by atoms with Crippen LogP contribution in [0.2, 0.25) is 0 Å². The van der Waals surface area contributed by atoms with Gasteiger partial charge in [0.15, 0.2) is 12.0 Å². The smallest absolute Gasteiger partial charge is 0.410 e. The number of rotatable bonds is 8. The van der Waals surface area contributed by atoms with E-state index in [2.05, 4.69) is 16.1 Å². The molecule has 2 aromatic carbocycles. The molecule has 10 nitrogen and oxygen atoms in total. The lowest BCUT2D eigenvalue weighted by Crippen LogP contribution is -2.42. The highest BCUT2D eigenvalue weighted by Crippen LogP contribution is 2.41. The predicted molar refractivity (Wildman–Crippen MR) is 176 cm³/mol. The third-order valence-corrected chi connectivity index (χ3v) is 8.57. The number of nitrogens with one attached hydrogen (secondary N) is 2. The molecule has 1 amide bonds. The summed E-state index contributed by atoms with van der Waals surface area (Å²) < 4.78 is 40.0. The van der Waals surface area contributed by atoms with E-state index >= 15 is 0 Å². The zero-order chi connectivity index (χ0) is 32.6. The number of likely N-dealkylation sites (tertiary alicyclic amines) is 1. The van der Waals surface area contributed by atoms with Crippen LogP contribution >= 0.6 is 0 Å². The van der Waals surface area contributed by atoms with E-state index in [0.29, 0.717) is 41.8 Å². The molecule has 1 unspecified atom stereocenters. The fourth-order valence-electron chi connectivity index (χ4n) is 5.79. The van der Waals surface area contributed by atoms with Crippen molar-refractivity contribution in [2.24, 2.45) is 13.0 Å². The Morgan fingerprint density at radius 3 is 2.27 bits per heavy atom. The molecule has 1 fully saturated rings. The average Bonchev–Trinajstić information content (AvgIpc) is 3.24. The van der Waals surface area contributed by atoms with Gasteiger partial charge < -0.3 is 29.4 Å². The number of aliphatic hydroxyl groups excluding tert-OH is 1. The Morgan fingerprint density at radius 2 is 1.70 bits per heavy atom. The number of methoxy groups -OCH3 is 1. The molecule has 0 bridgehead atoms. The number of carbonyl (C=O) groups is 1. The number of aromatic nitrogens is 1. The minimum atomic E-state index is -3.58.